The molecule has 0 saturated carbocycles. The van der Waals surface area contributed by atoms with Gasteiger partial charge < -0.3 is 5.11 Å². The summed E-state index contributed by atoms with van der Waals surface area (Å²) in [5, 5.41) is 24.8. The number of rotatable bonds is 7. The minimum absolute atomic E-state index is 0.00632. The van der Waals surface area contributed by atoms with Crippen molar-refractivity contribution in [1.29, 1.82) is 0 Å². The summed E-state index contributed by atoms with van der Waals surface area (Å²) in [6.45, 7) is 0. The number of carboxylic acid groups (broad SMARTS) is 1. The highest BCUT2D eigenvalue weighted by molar-refractivity contribution is 7.86. The molecule has 1 fully saturated rings. The number of benzene rings is 2. The number of nitrogens with one attached hydrogen (secondary N) is 2. The van der Waals surface area contributed by atoms with Crippen LogP contribution < -0.4 is 10.4 Å². The number of azo groups is 1. The van der Waals surface area contributed by atoms with E-state index >= 15 is 0 Å². The predicted octanol–water partition coefficient (Wildman–Crippen LogP) is 1.10. The van der Waals surface area contributed by atoms with Crippen molar-refractivity contribution in [3.8, 4) is 0 Å². The van der Waals surface area contributed by atoms with Gasteiger partial charge in [-0.1, -0.05) is 12.1 Å². The molecule has 3 aromatic rings. The van der Waals surface area contributed by atoms with Gasteiger partial charge in [0.15, 0.2) is 5.82 Å². The largest absolute Gasteiger partial charge is 0.478 e. The van der Waals surface area contributed by atoms with Gasteiger partial charge in [-0.3, -0.25) is 19.0 Å². The smallest absolute Gasteiger partial charge is 0.351 e. The Hall–Kier alpha value is -4.03. The number of aromatic nitrogens is 2. The third-order valence-corrected chi connectivity index (χ3v) is 6.93. The second kappa shape index (κ2) is 8.88. The Labute approximate surface area is 202 Å². The van der Waals surface area contributed by atoms with Gasteiger partial charge in [-0.05, 0) is 42.0 Å². The van der Waals surface area contributed by atoms with Gasteiger partial charge in [-0.25, -0.2) is 9.80 Å². The zero-order chi connectivity index (χ0) is 26.3. The van der Waals surface area contributed by atoms with Gasteiger partial charge in [0.25, 0.3) is 31.8 Å². The molecule has 15 nitrogen and oxygen atoms in total. The Bertz CT molecular complexity index is 1550. The van der Waals surface area contributed by atoms with E-state index in [0.29, 0.717) is 0 Å². The number of carbonyl (C=O) groups is 2. The number of hydrazine groups is 1. The molecule has 1 saturated heterocycles. The number of hydrogen-bond acceptors (Lipinski definition) is 10. The summed E-state index contributed by atoms with van der Waals surface area (Å²) in [6, 6.07) is 9.94. The maximum atomic E-state index is 13.5. The number of carboxylic acids is 1. The maximum Gasteiger partial charge on any atom is 0.351 e. The summed E-state index contributed by atoms with van der Waals surface area (Å²) in [4.78, 5) is 25.1. The van der Waals surface area contributed by atoms with Crippen LogP contribution >= 0.6 is 0 Å². The molecule has 0 bridgehead atoms. The van der Waals surface area contributed by atoms with Crippen molar-refractivity contribution < 1.29 is 40.6 Å². The number of anilines is 1. The fourth-order valence-electron chi connectivity index (χ4n) is 3.50. The van der Waals surface area contributed by atoms with Crippen molar-refractivity contribution in [3.05, 3.63) is 66.4 Å². The summed E-state index contributed by atoms with van der Waals surface area (Å²) < 4.78 is 63.9. The first-order valence-corrected chi connectivity index (χ1v) is 12.6. The molecule has 2 unspecified atom stereocenters. The summed E-state index contributed by atoms with van der Waals surface area (Å²) in [5.74, 6) is -4.01. The van der Waals surface area contributed by atoms with Crippen LogP contribution in [0.25, 0.3) is 0 Å². The average molecular weight is 537 g/mol. The lowest BCUT2D eigenvalue weighted by Gasteiger charge is -2.24. The molecule has 0 spiro atoms. The van der Waals surface area contributed by atoms with E-state index in [9.17, 15) is 40.6 Å². The molecule has 36 heavy (non-hydrogen) atoms. The third-order valence-electron chi connectivity index (χ3n) is 5.20. The summed E-state index contributed by atoms with van der Waals surface area (Å²) >= 11 is 0. The van der Waals surface area contributed by atoms with Crippen LogP contribution in [0.15, 0.2) is 80.8 Å². The lowest BCUT2D eigenvalue weighted by molar-refractivity contribution is -0.145. The highest BCUT2D eigenvalue weighted by atomic mass is 32.2. The number of aliphatic carboxylic acids is 1. The van der Waals surface area contributed by atoms with Crippen LogP contribution in [0.5, 0.6) is 0 Å². The molecule has 2 heterocycles. The van der Waals surface area contributed by atoms with Crippen molar-refractivity contribution in [1.82, 2.24) is 15.6 Å². The van der Waals surface area contributed by atoms with Crippen molar-refractivity contribution in [2.75, 3.05) is 5.01 Å². The average Bonchev–Trinajstić information content (AvgIpc) is 3.43. The van der Waals surface area contributed by atoms with Crippen LogP contribution in [0, 0.1) is 0 Å². The molecular formula is C19H16N6O9S2. The van der Waals surface area contributed by atoms with E-state index in [1.54, 1.807) is 0 Å². The molecule has 1 aliphatic rings. The zero-order valence-corrected chi connectivity index (χ0v) is 19.4. The first-order valence-electron chi connectivity index (χ1n) is 9.75. The first-order chi connectivity index (χ1) is 16.8. The number of H-pyrrole nitrogens is 1. The molecule has 1 amide bonds. The maximum absolute atomic E-state index is 13.5. The minimum atomic E-state index is -4.56. The first kappa shape index (κ1) is 25.1. The monoisotopic (exact) mass is 536 g/mol. The molecule has 4 rings (SSSR count). The van der Waals surface area contributed by atoms with Crippen LogP contribution in [0.3, 0.4) is 0 Å². The van der Waals surface area contributed by atoms with Gasteiger partial charge in [0.1, 0.15) is 5.92 Å². The van der Waals surface area contributed by atoms with E-state index in [1.165, 1.54) is 12.3 Å². The lowest BCUT2D eigenvalue weighted by atomic mass is 9.87. The Kier molecular flexibility index (Phi) is 6.18. The van der Waals surface area contributed by atoms with E-state index in [0.717, 1.165) is 53.5 Å². The van der Waals surface area contributed by atoms with Gasteiger partial charge in [-0.2, -0.15) is 27.4 Å². The fraction of sp³-hybridized carbons (Fsp3) is 0.105. The molecule has 2 aromatic carbocycles. The standard InChI is InChI=1S/C19H16N6O9S2/c26-17-16(11-1-5-13(6-2-11)35(29,30)31)19(18(27)28,23-22-15-9-10-20-21-15)24-25(17)12-3-7-14(8-4-12)36(32,33)34/h1-10,16,24H,(H,20,21)(H,27,28)(H,29,30,31)(H,32,33,34). The molecule has 17 heteroatoms. The van der Waals surface area contributed by atoms with Crippen LogP contribution in [-0.2, 0) is 29.8 Å². The fourth-order valence-corrected chi connectivity index (χ4v) is 4.46. The number of carbonyl (C=O) groups excluding carboxylic acids is 1. The summed E-state index contributed by atoms with van der Waals surface area (Å²) in [6.07, 6.45) is 1.34. The molecule has 1 aliphatic heterocycles. The van der Waals surface area contributed by atoms with E-state index in [1.807, 2.05) is 0 Å². The number of amides is 1. The van der Waals surface area contributed by atoms with Gasteiger partial charge in [0, 0.05) is 6.07 Å². The normalized spacial score (nSPS) is 20.8. The number of hydrogen-bond donors (Lipinski definition) is 5. The molecule has 0 radical (unpaired) electrons. The molecular weight excluding hydrogens is 520 g/mol. The quantitative estimate of drug-likeness (QED) is 0.212. The van der Waals surface area contributed by atoms with Crippen molar-refractivity contribution in [2.24, 2.45) is 10.2 Å². The second-order valence-electron chi connectivity index (χ2n) is 7.44. The van der Waals surface area contributed by atoms with E-state index in [2.05, 4.69) is 25.9 Å². The van der Waals surface area contributed by atoms with Gasteiger partial charge in [-0.15, -0.1) is 10.2 Å². The molecule has 0 aliphatic carbocycles. The SMILES string of the molecule is O=C1C(c2ccc(S(=O)(=O)O)cc2)C(N=Nc2ccn[nH]2)(C(=O)O)NN1c1ccc(S(=O)(=O)O)cc1. The van der Waals surface area contributed by atoms with Crippen LogP contribution in [0.2, 0.25) is 0 Å². The van der Waals surface area contributed by atoms with Crippen molar-refractivity contribution >= 4 is 43.6 Å². The Morgan fingerprint density at radius 1 is 0.944 bits per heavy atom. The highest BCUT2D eigenvalue weighted by Gasteiger charge is 2.60. The predicted molar refractivity (Wildman–Crippen MR) is 119 cm³/mol. The van der Waals surface area contributed by atoms with Gasteiger partial charge in [0.05, 0.1) is 21.7 Å². The summed E-state index contributed by atoms with van der Waals surface area (Å²) in [5.41, 5.74) is 0.0760. The second-order valence-corrected chi connectivity index (χ2v) is 10.3. The molecule has 5 N–H and O–H groups in total. The minimum Gasteiger partial charge on any atom is -0.478 e. The van der Waals surface area contributed by atoms with Crippen LogP contribution in [0.4, 0.5) is 11.5 Å². The Morgan fingerprint density at radius 3 is 1.97 bits per heavy atom. The van der Waals surface area contributed by atoms with Gasteiger partial charge in [0.2, 0.25) is 0 Å². The van der Waals surface area contributed by atoms with Crippen LogP contribution in [-0.4, -0.2) is 58.8 Å². The van der Waals surface area contributed by atoms with Gasteiger partial charge >= 0.3 is 5.97 Å². The van der Waals surface area contributed by atoms with Crippen molar-refractivity contribution in [2.45, 2.75) is 21.4 Å². The van der Waals surface area contributed by atoms with E-state index < -0.39 is 53.5 Å². The molecule has 1 aromatic heterocycles. The van der Waals surface area contributed by atoms with Crippen LogP contribution in [0.1, 0.15) is 11.5 Å². The zero-order valence-electron chi connectivity index (χ0n) is 17.7. The Balaban J connectivity index is 1.84. The van der Waals surface area contributed by atoms with Crippen molar-refractivity contribution in [3.63, 3.8) is 0 Å². The van der Waals surface area contributed by atoms with E-state index in [4.69, 9.17) is 0 Å². The van der Waals surface area contributed by atoms with E-state index in [-0.39, 0.29) is 17.1 Å². The topological polar surface area (TPSA) is 232 Å². The number of nitrogens with zero attached hydrogens (tertiary/aromatic N) is 4. The third kappa shape index (κ3) is 4.60. The lowest BCUT2D eigenvalue weighted by Crippen LogP contribution is -2.52. The number of aromatic amines is 1. The summed E-state index contributed by atoms with van der Waals surface area (Å²) in [7, 11) is -9.09. The highest BCUT2D eigenvalue weighted by Crippen LogP contribution is 2.40. The molecule has 2 atom stereocenters. The molecule has 188 valence electrons. The Morgan fingerprint density at radius 2 is 1.50 bits per heavy atom.